The largest absolute Gasteiger partial charge is 0.457 e. The molecule has 0 unspecified atom stereocenters. The zero-order valence-electron chi connectivity index (χ0n) is 18.2. The number of benzene rings is 2. The maximum absolute atomic E-state index is 14.0. The molecular formula is C24H23FN2O6S. The minimum absolute atomic E-state index is 0.125. The van der Waals surface area contributed by atoms with Crippen LogP contribution in [0, 0.1) is 5.82 Å². The number of hydrogen-bond donors (Lipinski definition) is 0. The summed E-state index contributed by atoms with van der Waals surface area (Å²) >= 11 is 0. The van der Waals surface area contributed by atoms with Crippen molar-refractivity contribution < 1.29 is 31.6 Å². The van der Waals surface area contributed by atoms with E-state index in [-0.39, 0.29) is 22.0 Å². The molecule has 1 saturated heterocycles. The molecule has 0 radical (unpaired) electrons. The van der Waals surface area contributed by atoms with Crippen LogP contribution in [0.25, 0.3) is 0 Å². The van der Waals surface area contributed by atoms with Crippen molar-refractivity contribution in [3.8, 4) is 0 Å². The summed E-state index contributed by atoms with van der Waals surface area (Å²) < 4.78 is 49.5. The van der Waals surface area contributed by atoms with E-state index < -0.39 is 34.1 Å². The monoisotopic (exact) mass is 486 g/mol. The number of anilines is 1. The Morgan fingerprint density at radius 2 is 1.62 bits per heavy atom. The van der Waals surface area contributed by atoms with Crippen LogP contribution in [0.5, 0.6) is 0 Å². The van der Waals surface area contributed by atoms with Crippen LogP contribution < -0.4 is 4.90 Å². The van der Waals surface area contributed by atoms with E-state index in [4.69, 9.17) is 9.15 Å². The highest BCUT2D eigenvalue weighted by Gasteiger charge is 2.26. The fourth-order valence-corrected chi connectivity index (χ4v) is 5.11. The van der Waals surface area contributed by atoms with E-state index in [1.165, 1.54) is 35.4 Å². The SMILES string of the molecule is O=C(OCC(=O)N1CCN(c2ccccc2F)CC1)c1occc1CS(=O)(=O)c1ccccc1. The first-order valence-corrected chi connectivity index (χ1v) is 12.3. The van der Waals surface area contributed by atoms with Crippen LogP contribution in [0.4, 0.5) is 10.1 Å². The van der Waals surface area contributed by atoms with Crippen LogP contribution >= 0.6 is 0 Å². The molecular weight excluding hydrogens is 463 g/mol. The lowest BCUT2D eigenvalue weighted by molar-refractivity contribution is -0.134. The summed E-state index contributed by atoms with van der Waals surface area (Å²) in [6.07, 6.45) is 1.20. The highest BCUT2D eigenvalue weighted by atomic mass is 32.2. The second kappa shape index (κ2) is 10.1. The first-order chi connectivity index (χ1) is 16.3. The van der Waals surface area contributed by atoms with Gasteiger partial charge in [0, 0.05) is 31.7 Å². The summed E-state index contributed by atoms with van der Waals surface area (Å²) in [5.74, 6) is -2.33. The van der Waals surface area contributed by atoms with Crippen molar-refractivity contribution in [3.05, 3.63) is 84.1 Å². The van der Waals surface area contributed by atoms with Crippen molar-refractivity contribution in [3.63, 3.8) is 0 Å². The lowest BCUT2D eigenvalue weighted by Crippen LogP contribution is -2.50. The van der Waals surface area contributed by atoms with Gasteiger partial charge in [-0.05, 0) is 30.3 Å². The topological polar surface area (TPSA) is 97.1 Å². The van der Waals surface area contributed by atoms with E-state index in [1.807, 2.05) is 4.90 Å². The summed E-state index contributed by atoms with van der Waals surface area (Å²) in [5.41, 5.74) is 0.636. The molecule has 34 heavy (non-hydrogen) atoms. The highest BCUT2D eigenvalue weighted by Crippen LogP contribution is 2.22. The van der Waals surface area contributed by atoms with Crippen LogP contribution in [0.3, 0.4) is 0 Å². The Balaban J connectivity index is 1.31. The molecule has 0 spiro atoms. The number of sulfone groups is 1. The van der Waals surface area contributed by atoms with Gasteiger partial charge < -0.3 is 19.0 Å². The van der Waals surface area contributed by atoms with E-state index in [9.17, 15) is 22.4 Å². The number of para-hydroxylation sites is 1. The number of piperazine rings is 1. The van der Waals surface area contributed by atoms with E-state index in [0.29, 0.717) is 31.9 Å². The molecule has 0 N–H and O–H groups in total. The Morgan fingerprint density at radius 1 is 0.941 bits per heavy atom. The number of carbonyl (C=O) groups excluding carboxylic acids is 2. The Labute approximate surface area is 196 Å². The van der Waals surface area contributed by atoms with E-state index >= 15 is 0 Å². The molecule has 1 aromatic heterocycles. The summed E-state index contributed by atoms with van der Waals surface area (Å²) in [6.45, 7) is 1.09. The number of esters is 1. The molecule has 8 nitrogen and oxygen atoms in total. The molecule has 2 heterocycles. The van der Waals surface area contributed by atoms with Crippen molar-refractivity contribution in [2.45, 2.75) is 10.6 Å². The fourth-order valence-electron chi connectivity index (χ4n) is 3.73. The molecule has 178 valence electrons. The summed E-state index contributed by atoms with van der Waals surface area (Å²) in [5, 5.41) is 0. The van der Waals surface area contributed by atoms with Crippen LogP contribution in [-0.4, -0.2) is 58.0 Å². The van der Waals surface area contributed by atoms with Gasteiger partial charge in [0.2, 0.25) is 5.76 Å². The molecule has 10 heteroatoms. The summed E-state index contributed by atoms with van der Waals surface area (Å²) in [4.78, 5) is 28.5. The van der Waals surface area contributed by atoms with Crippen molar-refractivity contribution in [1.29, 1.82) is 0 Å². The molecule has 0 atom stereocenters. The first kappa shape index (κ1) is 23.5. The molecule has 1 amide bonds. The molecule has 0 saturated carbocycles. The number of rotatable bonds is 7. The molecule has 0 bridgehead atoms. The van der Waals surface area contributed by atoms with Crippen molar-refractivity contribution in [2.75, 3.05) is 37.7 Å². The van der Waals surface area contributed by atoms with E-state index in [1.54, 1.807) is 36.4 Å². The van der Waals surface area contributed by atoms with Crippen molar-refractivity contribution in [2.24, 2.45) is 0 Å². The zero-order chi connectivity index (χ0) is 24.1. The third-order valence-corrected chi connectivity index (χ3v) is 7.21. The van der Waals surface area contributed by atoms with Crippen LogP contribution in [-0.2, 0) is 25.1 Å². The number of furan rings is 1. The normalized spacial score (nSPS) is 14.1. The number of hydrogen-bond acceptors (Lipinski definition) is 7. The quantitative estimate of drug-likeness (QED) is 0.474. The molecule has 3 aromatic rings. The highest BCUT2D eigenvalue weighted by molar-refractivity contribution is 7.90. The maximum atomic E-state index is 14.0. The number of carbonyl (C=O) groups is 2. The number of nitrogens with zero attached hydrogens (tertiary/aromatic N) is 2. The van der Waals surface area contributed by atoms with Crippen LogP contribution in [0.15, 0.2) is 76.2 Å². The predicted octanol–water partition coefficient (Wildman–Crippen LogP) is 2.90. The van der Waals surface area contributed by atoms with Gasteiger partial charge in [-0.1, -0.05) is 30.3 Å². The molecule has 0 aliphatic carbocycles. The van der Waals surface area contributed by atoms with Gasteiger partial charge in [0.25, 0.3) is 5.91 Å². The van der Waals surface area contributed by atoms with Gasteiger partial charge in [-0.3, -0.25) is 4.79 Å². The fraction of sp³-hybridized carbons (Fsp3) is 0.250. The maximum Gasteiger partial charge on any atom is 0.375 e. The lowest BCUT2D eigenvalue weighted by atomic mass is 10.2. The average Bonchev–Trinajstić information content (AvgIpc) is 3.31. The Kier molecular flexibility index (Phi) is 6.97. The van der Waals surface area contributed by atoms with Gasteiger partial charge in [-0.15, -0.1) is 0 Å². The molecule has 1 aliphatic rings. The Bertz CT molecular complexity index is 1270. The van der Waals surface area contributed by atoms with Gasteiger partial charge in [0.05, 0.1) is 22.6 Å². The minimum atomic E-state index is -3.69. The first-order valence-electron chi connectivity index (χ1n) is 10.6. The third kappa shape index (κ3) is 5.28. The van der Waals surface area contributed by atoms with Crippen LogP contribution in [0.1, 0.15) is 16.1 Å². The number of halogens is 1. The Morgan fingerprint density at radius 3 is 2.32 bits per heavy atom. The summed E-state index contributed by atoms with van der Waals surface area (Å²) in [7, 11) is -3.69. The standard InChI is InChI=1S/C24H23FN2O6S/c25-20-8-4-5-9-21(20)26-11-13-27(14-12-26)22(28)16-33-24(29)23-18(10-15-32-23)17-34(30,31)19-6-2-1-3-7-19/h1-10,15H,11-14,16-17H2. The number of ether oxygens (including phenoxy) is 1. The molecule has 1 fully saturated rings. The van der Waals surface area contributed by atoms with Gasteiger partial charge in [0.1, 0.15) is 5.82 Å². The summed E-state index contributed by atoms with van der Waals surface area (Å²) in [6, 6.07) is 15.7. The van der Waals surface area contributed by atoms with E-state index in [2.05, 4.69) is 0 Å². The van der Waals surface area contributed by atoms with Crippen molar-refractivity contribution >= 4 is 27.4 Å². The smallest absolute Gasteiger partial charge is 0.375 e. The predicted molar refractivity (Wildman–Crippen MR) is 122 cm³/mol. The van der Waals surface area contributed by atoms with Gasteiger partial charge in [0.15, 0.2) is 16.4 Å². The van der Waals surface area contributed by atoms with Crippen molar-refractivity contribution in [1.82, 2.24) is 4.90 Å². The number of amides is 1. The second-order valence-corrected chi connectivity index (χ2v) is 9.73. The zero-order valence-corrected chi connectivity index (χ0v) is 19.0. The minimum Gasteiger partial charge on any atom is -0.457 e. The van der Waals surface area contributed by atoms with Gasteiger partial charge in [-0.25, -0.2) is 17.6 Å². The average molecular weight is 487 g/mol. The van der Waals surface area contributed by atoms with Gasteiger partial charge in [-0.2, -0.15) is 0 Å². The van der Waals surface area contributed by atoms with Crippen LogP contribution in [0.2, 0.25) is 0 Å². The van der Waals surface area contributed by atoms with Gasteiger partial charge >= 0.3 is 5.97 Å². The lowest BCUT2D eigenvalue weighted by Gasteiger charge is -2.36. The second-order valence-electron chi connectivity index (χ2n) is 7.74. The molecule has 1 aliphatic heterocycles. The van der Waals surface area contributed by atoms with E-state index in [0.717, 1.165) is 0 Å². The molecule has 2 aromatic carbocycles. The Hall–Kier alpha value is -3.66. The molecule has 4 rings (SSSR count). The third-order valence-electron chi connectivity index (χ3n) is 5.53.